The van der Waals surface area contributed by atoms with Crippen molar-refractivity contribution in [2.75, 3.05) is 7.05 Å². The van der Waals surface area contributed by atoms with Crippen LogP contribution in [0.1, 0.15) is 18.9 Å². The van der Waals surface area contributed by atoms with Crippen LogP contribution in [0.25, 0.3) is 0 Å². The van der Waals surface area contributed by atoms with E-state index in [1.165, 1.54) is 7.05 Å². The molecule has 0 aromatic heterocycles. The summed E-state index contributed by atoms with van der Waals surface area (Å²) >= 11 is 0. The van der Waals surface area contributed by atoms with Gasteiger partial charge in [-0.05, 0) is 25.1 Å². The van der Waals surface area contributed by atoms with Gasteiger partial charge in [0.25, 0.3) is 0 Å². The first-order valence-corrected chi connectivity index (χ1v) is 6.83. The van der Waals surface area contributed by atoms with E-state index in [1.807, 2.05) is 6.07 Å². The number of sulfonamides is 1. The van der Waals surface area contributed by atoms with Crippen molar-refractivity contribution in [2.45, 2.75) is 24.3 Å². The second-order valence-corrected chi connectivity index (χ2v) is 5.98. The fraction of sp³-hybridized carbons (Fsp3) is 0.333. The number of nitriles is 2. The Morgan fingerprint density at radius 2 is 2.05 bits per heavy atom. The molecule has 0 saturated carbocycles. The lowest BCUT2D eigenvalue weighted by Gasteiger charge is -2.22. The number of hydrogen-bond acceptors (Lipinski definition) is 4. The number of benzene rings is 1. The van der Waals surface area contributed by atoms with Crippen LogP contribution in [0.2, 0.25) is 0 Å². The van der Waals surface area contributed by atoms with Gasteiger partial charge >= 0.3 is 0 Å². The maximum Gasteiger partial charge on any atom is 0.243 e. The summed E-state index contributed by atoms with van der Waals surface area (Å²) in [6.45, 7) is 1.59. The molecule has 0 aliphatic carbocycles. The van der Waals surface area contributed by atoms with Gasteiger partial charge in [-0.3, -0.25) is 0 Å². The molecule has 0 aliphatic heterocycles. The Hall–Kier alpha value is -1.96. The molecule has 0 amide bonds. The molecule has 0 spiro atoms. The highest BCUT2D eigenvalue weighted by molar-refractivity contribution is 7.89. The quantitative estimate of drug-likeness (QED) is 0.839. The smallest absolute Gasteiger partial charge is 0.207 e. The molecule has 1 aromatic carbocycles. The Bertz CT molecular complexity index is 659. The van der Waals surface area contributed by atoms with Gasteiger partial charge in [-0.15, -0.1) is 0 Å². The molecule has 0 bridgehead atoms. The van der Waals surface area contributed by atoms with E-state index in [0.29, 0.717) is 0 Å². The minimum absolute atomic E-state index is 0.0437. The van der Waals surface area contributed by atoms with Crippen LogP contribution in [-0.4, -0.2) is 25.8 Å². The van der Waals surface area contributed by atoms with Gasteiger partial charge < -0.3 is 0 Å². The van der Waals surface area contributed by atoms with E-state index in [0.717, 1.165) is 22.5 Å². The summed E-state index contributed by atoms with van der Waals surface area (Å²) in [5, 5.41) is 17.3. The molecule has 0 fully saturated rings. The van der Waals surface area contributed by atoms with E-state index in [-0.39, 0.29) is 16.9 Å². The Kier molecular flexibility index (Phi) is 4.60. The Morgan fingerprint density at radius 1 is 1.42 bits per heavy atom. The second kappa shape index (κ2) is 5.79. The fourth-order valence-electron chi connectivity index (χ4n) is 1.41. The average Bonchev–Trinajstić information content (AvgIpc) is 2.38. The first-order chi connectivity index (χ1) is 8.84. The molecule has 0 aliphatic rings. The number of nitrogens with zero attached hydrogens (tertiary/aromatic N) is 3. The molecule has 1 unspecified atom stereocenters. The van der Waals surface area contributed by atoms with Crippen molar-refractivity contribution >= 4 is 10.0 Å². The minimum atomic E-state index is -3.85. The summed E-state index contributed by atoms with van der Waals surface area (Å²) in [5.41, 5.74) is -0.331. The summed E-state index contributed by atoms with van der Waals surface area (Å²) in [6.07, 6.45) is 0.0437. The minimum Gasteiger partial charge on any atom is -0.207 e. The maximum absolute atomic E-state index is 13.2. The molecule has 0 N–H and O–H groups in total. The van der Waals surface area contributed by atoms with Gasteiger partial charge in [0.1, 0.15) is 11.9 Å². The number of rotatable bonds is 4. The predicted octanol–water partition coefficient (Wildman–Crippen LogP) is 1.62. The number of halogens is 1. The van der Waals surface area contributed by atoms with Gasteiger partial charge in [-0.25, -0.2) is 12.8 Å². The molecular weight excluding hydrogens is 269 g/mol. The lowest BCUT2D eigenvalue weighted by molar-refractivity contribution is 0.393. The highest BCUT2D eigenvalue weighted by Crippen LogP contribution is 2.20. The van der Waals surface area contributed by atoms with Crippen LogP contribution in [0.15, 0.2) is 23.1 Å². The summed E-state index contributed by atoms with van der Waals surface area (Å²) in [4.78, 5) is -0.169. The zero-order chi connectivity index (χ0) is 14.6. The maximum atomic E-state index is 13.2. The van der Waals surface area contributed by atoms with Crippen LogP contribution in [0.5, 0.6) is 0 Å². The predicted molar refractivity (Wildman–Crippen MR) is 65.8 cm³/mol. The standard InChI is InChI=1S/C12H12FN3O2S/c1-9(5-6-14)16(2)19(17,18)11-3-4-12(13)10(7-11)8-15/h3-4,7,9H,5H2,1-2H3. The van der Waals surface area contributed by atoms with Crippen LogP contribution < -0.4 is 0 Å². The van der Waals surface area contributed by atoms with Crippen molar-refractivity contribution in [1.29, 1.82) is 10.5 Å². The van der Waals surface area contributed by atoms with E-state index in [1.54, 1.807) is 13.0 Å². The lowest BCUT2D eigenvalue weighted by atomic mass is 10.2. The zero-order valence-corrected chi connectivity index (χ0v) is 11.3. The van der Waals surface area contributed by atoms with Crippen molar-refractivity contribution in [2.24, 2.45) is 0 Å². The van der Waals surface area contributed by atoms with Crippen molar-refractivity contribution < 1.29 is 12.8 Å². The van der Waals surface area contributed by atoms with Gasteiger partial charge in [0.15, 0.2) is 0 Å². The third-order valence-electron chi connectivity index (χ3n) is 2.74. The van der Waals surface area contributed by atoms with E-state index < -0.39 is 21.9 Å². The normalized spacial score (nSPS) is 12.7. The average molecular weight is 281 g/mol. The Morgan fingerprint density at radius 3 is 2.58 bits per heavy atom. The molecule has 1 aromatic rings. The topological polar surface area (TPSA) is 85.0 Å². The summed E-state index contributed by atoms with van der Waals surface area (Å²) in [5.74, 6) is -0.769. The van der Waals surface area contributed by atoms with Gasteiger partial charge in [0.05, 0.1) is 22.9 Å². The molecule has 7 heteroatoms. The monoisotopic (exact) mass is 281 g/mol. The molecule has 1 rings (SSSR count). The van der Waals surface area contributed by atoms with E-state index >= 15 is 0 Å². The third-order valence-corrected chi connectivity index (χ3v) is 4.71. The first kappa shape index (κ1) is 15.1. The van der Waals surface area contributed by atoms with Crippen LogP contribution in [0.4, 0.5) is 4.39 Å². The van der Waals surface area contributed by atoms with E-state index in [9.17, 15) is 12.8 Å². The number of hydrogen-bond donors (Lipinski definition) is 0. The van der Waals surface area contributed by atoms with Crippen molar-refractivity contribution in [3.05, 3.63) is 29.6 Å². The molecule has 5 nitrogen and oxygen atoms in total. The summed E-state index contributed by atoms with van der Waals surface area (Å²) in [7, 11) is -2.51. The molecule has 1 atom stereocenters. The van der Waals surface area contributed by atoms with Gasteiger partial charge in [0.2, 0.25) is 10.0 Å². The molecular formula is C12H12FN3O2S. The Balaban J connectivity index is 3.22. The lowest BCUT2D eigenvalue weighted by Crippen LogP contribution is -2.34. The third kappa shape index (κ3) is 3.08. The van der Waals surface area contributed by atoms with Gasteiger partial charge in [0, 0.05) is 13.1 Å². The van der Waals surface area contributed by atoms with E-state index in [2.05, 4.69) is 0 Å². The first-order valence-electron chi connectivity index (χ1n) is 5.39. The van der Waals surface area contributed by atoms with Crippen LogP contribution in [0.3, 0.4) is 0 Å². The Labute approximate surface area is 111 Å². The molecule has 0 heterocycles. The van der Waals surface area contributed by atoms with Gasteiger partial charge in [-0.1, -0.05) is 0 Å². The zero-order valence-electron chi connectivity index (χ0n) is 10.5. The summed E-state index contributed by atoms with van der Waals surface area (Å²) < 4.78 is 38.6. The fourth-order valence-corrected chi connectivity index (χ4v) is 2.80. The highest BCUT2D eigenvalue weighted by atomic mass is 32.2. The molecule has 100 valence electrons. The highest BCUT2D eigenvalue weighted by Gasteiger charge is 2.26. The van der Waals surface area contributed by atoms with Gasteiger partial charge in [-0.2, -0.15) is 14.8 Å². The largest absolute Gasteiger partial charge is 0.243 e. The molecule has 0 saturated heterocycles. The van der Waals surface area contributed by atoms with Crippen molar-refractivity contribution in [1.82, 2.24) is 4.31 Å². The SMILES string of the molecule is CC(CC#N)N(C)S(=O)(=O)c1ccc(F)c(C#N)c1. The van der Waals surface area contributed by atoms with Crippen molar-refractivity contribution in [3.8, 4) is 12.1 Å². The van der Waals surface area contributed by atoms with Crippen LogP contribution in [0, 0.1) is 28.5 Å². The van der Waals surface area contributed by atoms with Crippen LogP contribution in [-0.2, 0) is 10.0 Å². The van der Waals surface area contributed by atoms with Crippen molar-refractivity contribution in [3.63, 3.8) is 0 Å². The van der Waals surface area contributed by atoms with E-state index in [4.69, 9.17) is 10.5 Å². The second-order valence-electron chi connectivity index (χ2n) is 3.99. The molecule has 19 heavy (non-hydrogen) atoms. The van der Waals surface area contributed by atoms with Crippen LogP contribution >= 0.6 is 0 Å². The molecule has 0 radical (unpaired) electrons. The summed E-state index contributed by atoms with van der Waals surface area (Å²) in [6, 6.07) is 5.99.